The number of anilines is 5. The summed E-state index contributed by atoms with van der Waals surface area (Å²) in [6, 6.07) is 10.1. The molecule has 0 aromatic carbocycles. The van der Waals surface area contributed by atoms with Crippen LogP contribution in [0, 0.1) is 5.92 Å². The van der Waals surface area contributed by atoms with Gasteiger partial charge in [-0.3, -0.25) is 0 Å². The maximum absolute atomic E-state index is 4.82. The summed E-state index contributed by atoms with van der Waals surface area (Å²) >= 11 is 0. The monoisotopic (exact) mass is 428 g/mol. The van der Waals surface area contributed by atoms with Gasteiger partial charge in [-0.25, -0.2) is 9.97 Å². The van der Waals surface area contributed by atoms with Gasteiger partial charge in [0.25, 0.3) is 0 Å². The Hall–Kier alpha value is -3.68. The molecular weight excluding hydrogens is 400 g/mol. The number of rotatable bonds is 6. The molecule has 0 amide bonds. The van der Waals surface area contributed by atoms with Crippen LogP contribution in [0.3, 0.4) is 0 Å². The Balaban J connectivity index is 1.46. The zero-order valence-electron chi connectivity index (χ0n) is 18.5. The molecule has 0 unspecified atom stereocenters. The summed E-state index contributed by atoms with van der Waals surface area (Å²) in [7, 11) is 0. The van der Waals surface area contributed by atoms with Crippen LogP contribution in [0.2, 0.25) is 0 Å². The van der Waals surface area contributed by atoms with Crippen molar-refractivity contribution in [2.45, 2.75) is 33.1 Å². The summed E-state index contributed by atoms with van der Waals surface area (Å²) in [5.74, 6) is 3.69. The number of aryl methyl sites for hydroxylation is 1. The summed E-state index contributed by atoms with van der Waals surface area (Å²) in [5.41, 5.74) is 3.03. The van der Waals surface area contributed by atoms with E-state index < -0.39 is 0 Å². The first-order valence-electron chi connectivity index (χ1n) is 11.2. The van der Waals surface area contributed by atoms with Gasteiger partial charge in [-0.1, -0.05) is 13.8 Å². The lowest BCUT2D eigenvalue weighted by molar-refractivity contribution is 0.436. The standard InChI is InChI=1S/C24H28N8/c1-3-18-4-8-25-20(14-18)28-24-29-21(16-23(30-24)31-10-5-17(2)6-11-31)27-19-7-12-32-13-9-26-22(32)15-19/h4,7-9,12-17H,3,5-6,10-11H2,1-2H3,(H2,25,27,28,29,30). The summed E-state index contributed by atoms with van der Waals surface area (Å²) in [5, 5.41) is 6.73. The minimum Gasteiger partial charge on any atom is -0.356 e. The van der Waals surface area contributed by atoms with Crippen LogP contribution in [0.15, 0.2) is 55.1 Å². The van der Waals surface area contributed by atoms with E-state index in [9.17, 15) is 0 Å². The second-order valence-electron chi connectivity index (χ2n) is 8.37. The van der Waals surface area contributed by atoms with Crippen molar-refractivity contribution in [2.75, 3.05) is 28.6 Å². The van der Waals surface area contributed by atoms with Crippen LogP contribution < -0.4 is 15.5 Å². The first-order valence-corrected chi connectivity index (χ1v) is 11.2. The molecule has 5 heterocycles. The summed E-state index contributed by atoms with van der Waals surface area (Å²) in [6.45, 7) is 6.45. The molecule has 2 N–H and O–H groups in total. The molecule has 0 aliphatic carbocycles. The predicted octanol–water partition coefficient (Wildman–Crippen LogP) is 4.81. The molecule has 0 bridgehead atoms. The molecule has 8 heteroatoms. The van der Waals surface area contributed by atoms with E-state index in [1.165, 1.54) is 18.4 Å². The van der Waals surface area contributed by atoms with Gasteiger partial charge < -0.3 is 19.9 Å². The van der Waals surface area contributed by atoms with Crippen molar-refractivity contribution in [1.29, 1.82) is 0 Å². The minimum absolute atomic E-state index is 0.534. The molecule has 0 spiro atoms. The highest BCUT2D eigenvalue weighted by Gasteiger charge is 2.19. The molecule has 0 saturated carbocycles. The molecule has 1 fully saturated rings. The van der Waals surface area contributed by atoms with Gasteiger partial charge in [0.05, 0.1) is 0 Å². The fourth-order valence-electron chi connectivity index (χ4n) is 3.97. The van der Waals surface area contributed by atoms with Crippen molar-refractivity contribution in [3.05, 3.63) is 60.7 Å². The lowest BCUT2D eigenvalue weighted by atomic mass is 9.99. The fourth-order valence-corrected chi connectivity index (χ4v) is 3.97. The third-order valence-electron chi connectivity index (χ3n) is 5.96. The van der Waals surface area contributed by atoms with Crippen LogP contribution in [0.5, 0.6) is 0 Å². The third-order valence-corrected chi connectivity index (χ3v) is 5.96. The summed E-state index contributed by atoms with van der Waals surface area (Å²) < 4.78 is 1.98. The molecule has 8 nitrogen and oxygen atoms in total. The average molecular weight is 429 g/mol. The van der Waals surface area contributed by atoms with Gasteiger partial charge in [0.2, 0.25) is 5.95 Å². The Morgan fingerprint density at radius 1 is 0.938 bits per heavy atom. The van der Waals surface area contributed by atoms with Crippen molar-refractivity contribution in [1.82, 2.24) is 24.3 Å². The van der Waals surface area contributed by atoms with Crippen molar-refractivity contribution < 1.29 is 0 Å². The Morgan fingerprint density at radius 2 is 1.81 bits per heavy atom. The topological polar surface area (TPSA) is 83.3 Å². The van der Waals surface area contributed by atoms with Gasteiger partial charge in [-0.15, -0.1) is 0 Å². The molecule has 1 aliphatic rings. The number of imidazole rings is 1. The van der Waals surface area contributed by atoms with E-state index in [4.69, 9.17) is 9.97 Å². The number of hydrogen-bond donors (Lipinski definition) is 2. The quantitative estimate of drug-likeness (QED) is 0.456. The molecule has 4 aromatic heterocycles. The normalized spacial score (nSPS) is 14.6. The number of fused-ring (bicyclic) bond motifs is 1. The molecule has 5 rings (SSSR count). The Bertz CT molecular complexity index is 1210. The van der Waals surface area contributed by atoms with Crippen LogP contribution >= 0.6 is 0 Å². The van der Waals surface area contributed by atoms with E-state index in [0.29, 0.717) is 5.95 Å². The molecule has 32 heavy (non-hydrogen) atoms. The third kappa shape index (κ3) is 4.49. The van der Waals surface area contributed by atoms with E-state index in [-0.39, 0.29) is 0 Å². The highest BCUT2D eigenvalue weighted by Crippen LogP contribution is 2.27. The Labute approximate surface area is 187 Å². The second-order valence-corrected chi connectivity index (χ2v) is 8.37. The Kier molecular flexibility index (Phi) is 5.58. The van der Waals surface area contributed by atoms with Gasteiger partial charge in [0.1, 0.15) is 23.1 Å². The van der Waals surface area contributed by atoms with E-state index >= 15 is 0 Å². The molecular formula is C24H28N8. The molecule has 0 radical (unpaired) electrons. The summed E-state index contributed by atoms with van der Waals surface area (Å²) in [4.78, 5) is 20.7. The molecule has 0 atom stereocenters. The minimum atomic E-state index is 0.534. The number of piperidine rings is 1. The smallest absolute Gasteiger partial charge is 0.232 e. The largest absolute Gasteiger partial charge is 0.356 e. The van der Waals surface area contributed by atoms with Gasteiger partial charge in [0, 0.05) is 55.7 Å². The lowest BCUT2D eigenvalue weighted by Gasteiger charge is -2.31. The van der Waals surface area contributed by atoms with Gasteiger partial charge >= 0.3 is 0 Å². The van der Waals surface area contributed by atoms with Crippen LogP contribution in [0.4, 0.5) is 29.1 Å². The predicted molar refractivity (Wildman–Crippen MR) is 128 cm³/mol. The van der Waals surface area contributed by atoms with Crippen molar-refractivity contribution in [3.63, 3.8) is 0 Å². The molecule has 164 valence electrons. The fraction of sp³-hybridized carbons (Fsp3) is 0.333. The number of hydrogen-bond acceptors (Lipinski definition) is 7. The SMILES string of the molecule is CCc1ccnc(Nc2nc(Nc3ccn4ccnc4c3)cc(N3CCC(C)CC3)n2)c1. The van der Waals surface area contributed by atoms with E-state index in [2.05, 4.69) is 39.3 Å². The van der Waals surface area contributed by atoms with Crippen LogP contribution in [-0.4, -0.2) is 37.4 Å². The molecule has 1 aliphatic heterocycles. The van der Waals surface area contributed by atoms with Gasteiger partial charge in [-0.05, 0) is 48.9 Å². The van der Waals surface area contributed by atoms with Gasteiger partial charge in [0.15, 0.2) is 0 Å². The number of pyridine rings is 2. The van der Waals surface area contributed by atoms with Crippen LogP contribution in [0.1, 0.15) is 32.3 Å². The average Bonchev–Trinajstić information content (AvgIpc) is 3.27. The van der Waals surface area contributed by atoms with Crippen molar-refractivity contribution >= 4 is 34.7 Å². The van der Waals surface area contributed by atoms with E-state index in [1.807, 2.05) is 53.3 Å². The first-order chi connectivity index (χ1) is 15.7. The van der Waals surface area contributed by atoms with E-state index in [1.54, 1.807) is 6.20 Å². The summed E-state index contributed by atoms with van der Waals surface area (Å²) in [6.07, 6.45) is 10.8. The van der Waals surface area contributed by atoms with Crippen LogP contribution in [0.25, 0.3) is 5.65 Å². The highest BCUT2D eigenvalue weighted by molar-refractivity contribution is 5.65. The number of nitrogens with one attached hydrogen (secondary N) is 2. The van der Waals surface area contributed by atoms with Gasteiger partial charge in [-0.2, -0.15) is 9.97 Å². The van der Waals surface area contributed by atoms with Crippen molar-refractivity contribution in [3.8, 4) is 0 Å². The zero-order chi connectivity index (χ0) is 21.9. The molecule has 4 aromatic rings. The number of aromatic nitrogens is 5. The highest BCUT2D eigenvalue weighted by atomic mass is 15.3. The molecule has 1 saturated heterocycles. The Morgan fingerprint density at radius 3 is 2.66 bits per heavy atom. The first kappa shape index (κ1) is 20.2. The van der Waals surface area contributed by atoms with Crippen molar-refractivity contribution in [2.24, 2.45) is 5.92 Å². The maximum atomic E-state index is 4.82. The zero-order valence-corrected chi connectivity index (χ0v) is 18.5. The van der Waals surface area contributed by atoms with Crippen LogP contribution in [-0.2, 0) is 6.42 Å². The second kappa shape index (κ2) is 8.82. The maximum Gasteiger partial charge on any atom is 0.232 e. The lowest BCUT2D eigenvalue weighted by Crippen LogP contribution is -2.33. The number of nitrogens with zero attached hydrogens (tertiary/aromatic N) is 6. The van der Waals surface area contributed by atoms with E-state index in [0.717, 1.165) is 54.2 Å².